The first-order chi connectivity index (χ1) is 9.58. The van der Waals surface area contributed by atoms with E-state index in [0.29, 0.717) is 24.2 Å². The van der Waals surface area contributed by atoms with Crippen molar-refractivity contribution in [3.63, 3.8) is 0 Å². The Kier molecular flexibility index (Phi) is 5.59. The molecule has 4 nitrogen and oxygen atoms in total. The van der Waals surface area contributed by atoms with E-state index in [1.165, 1.54) is 13.2 Å². The first kappa shape index (κ1) is 17.7. The van der Waals surface area contributed by atoms with Gasteiger partial charge in [-0.25, -0.2) is 4.79 Å². The van der Waals surface area contributed by atoms with Crippen LogP contribution in [-0.2, 0) is 15.6 Å². The lowest BCUT2D eigenvalue weighted by Gasteiger charge is -2.36. The lowest BCUT2D eigenvalue weighted by molar-refractivity contribution is 0.0600. The van der Waals surface area contributed by atoms with Crippen molar-refractivity contribution in [3.05, 3.63) is 29.3 Å². The smallest absolute Gasteiger partial charge is 0.337 e. The molecule has 0 aliphatic heterocycles. The number of esters is 1. The number of rotatable bonds is 5. The molecule has 1 rings (SSSR count). The Morgan fingerprint density at radius 1 is 1.29 bits per heavy atom. The molecule has 0 bridgehead atoms. The number of aromatic hydroxyl groups is 1. The van der Waals surface area contributed by atoms with Gasteiger partial charge in [-0.3, -0.25) is 0 Å². The summed E-state index contributed by atoms with van der Waals surface area (Å²) in [5, 5.41) is 10.0. The molecule has 0 heterocycles. The van der Waals surface area contributed by atoms with Gasteiger partial charge in [0.2, 0.25) is 0 Å². The quantitative estimate of drug-likeness (QED) is 0.665. The fourth-order valence-electron chi connectivity index (χ4n) is 1.66. The molecule has 0 radical (unpaired) electrons. The molecule has 1 aromatic carbocycles. The van der Waals surface area contributed by atoms with Gasteiger partial charge in [-0.2, -0.15) is 0 Å². The van der Waals surface area contributed by atoms with Crippen LogP contribution in [0.25, 0.3) is 0 Å². The maximum Gasteiger partial charge on any atom is 0.337 e. The third-order valence-electron chi connectivity index (χ3n) is 4.14. The highest BCUT2D eigenvalue weighted by molar-refractivity contribution is 6.74. The molecule has 0 aromatic heterocycles. The van der Waals surface area contributed by atoms with Crippen molar-refractivity contribution >= 4 is 14.3 Å². The topological polar surface area (TPSA) is 55.8 Å². The number of carbonyl (C=O) groups excluding carboxylic acids is 1. The molecule has 0 aliphatic carbocycles. The minimum absolute atomic E-state index is 0.156. The number of carbonyl (C=O) groups is 1. The molecule has 0 unspecified atom stereocenters. The van der Waals surface area contributed by atoms with Gasteiger partial charge >= 0.3 is 5.97 Å². The monoisotopic (exact) mass is 310 g/mol. The second-order valence-electron chi connectivity index (χ2n) is 6.69. The van der Waals surface area contributed by atoms with Crippen molar-refractivity contribution in [2.45, 2.75) is 45.3 Å². The van der Waals surface area contributed by atoms with Crippen molar-refractivity contribution in [2.24, 2.45) is 0 Å². The highest BCUT2D eigenvalue weighted by atomic mass is 28.4. The Bertz CT molecular complexity index is 503. The molecule has 0 fully saturated rings. The minimum Gasteiger partial charge on any atom is -0.508 e. The van der Waals surface area contributed by atoms with E-state index in [0.717, 1.165) is 0 Å². The minimum atomic E-state index is -1.79. The zero-order valence-corrected chi connectivity index (χ0v) is 14.8. The van der Waals surface area contributed by atoms with Crippen molar-refractivity contribution in [1.82, 2.24) is 0 Å². The van der Waals surface area contributed by atoms with Crippen LogP contribution in [0, 0.1) is 0 Å². The van der Waals surface area contributed by atoms with Crippen LogP contribution in [0.4, 0.5) is 0 Å². The second kappa shape index (κ2) is 6.62. The average molecular weight is 310 g/mol. The summed E-state index contributed by atoms with van der Waals surface area (Å²) in [6.07, 6.45) is 0.573. The van der Waals surface area contributed by atoms with E-state index in [2.05, 4.69) is 38.6 Å². The molecule has 5 heteroatoms. The van der Waals surface area contributed by atoms with E-state index in [1.54, 1.807) is 12.1 Å². The number of ether oxygens (including phenoxy) is 1. The maximum absolute atomic E-state index is 11.5. The third-order valence-corrected chi connectivity index (χ3v) is 8.68. The molecule has 0 saturated heterocycles. The van der Waals surface area contributed by atoms with Crippen molar-refractivity contribution < 1.29 is 19.1 Å². The second-order valence-corrected chi connectivity index (χ2v) is 11.5. The fourth-order valence-corrected chi connectivity index (χ4v) is 2.71. The van der Waals surface area contributed by atoms with Crippen LogP contribution in [0.5, 0.6) is 5.75 Å². The Balaban J connectivity index is 2.74. The lowest BCUT2D eigenvalue weighted by atomic mass is 10.1. The Labute approximate surface area is 128 Å². The van der Waals surface area contributed by atoms with E-state index in [1.807, 2.05) is 0 Å². The van der Waals surface area contributed by atoms with E-state index in [4.69, 9.17) is 4.43 Å². The van der Waals surface area contributed by atoms with Crippen molar-refractivity contribution in [3.8, 4) is 5.75 Å². The fraction of sp³-hybridized carbons (Fsp3) is 0.562. The SMILES string of the molecule is COC(=O)c1ccc(O)c(CCO[Si](C)(C)C(C)(C)C)c1. The normalized spacial score (nSPS) is 12.3. The van der Waals surface area contributed by atoms with Gasteiger partial charge in [0.1, 0.15) is 5.75 Å². The predicted octanol–water partition coefficient (Wildman–Crippen LogP) is 3.74. The maximum atomic E-state index is 11.5. The van der Waals surface area contributed by atoms with Crippen LogP contribution in [-0.4, -0.2) is 33.1 Å². The zero-order chi connectivity index (χ0) is 16.3. The van der Waals surface area contributed by atoms with Crippen LogP contribution >= 0.6 is 0 Å². The summed E-state index contributed by atoms with van der Waals surface area (Å²) in [4.78, 5) is 11.5. The van der Waals surface area contributed by atoms with Gasteiger partial charge in [0.15, 0.2) is 8.32 Å². The van der Waals surface area contributed by atoms with Crippen molar-refractivity contribution in [1.29, 1.82) is 0 Å². The van der Waals surface area contributed by atoms with Crippen LogP contribution in [0.3, 0.4) is 0 Å². The van der Waals surface area contributed by atoms with Gasteiger partial charge < -0.3 is 14.3 Å². The van der Waals surface area contributed by atoms with Gasteiger partial charge in [0, 0.05) is 6.61 Å². The summed E-state index contributed by atoms with van der Waals surface area (Å²) in [7, 11) is -0.449. The number of methoxy groups -OCH3 is 1. The molecule has 0 saturated carbocycles. The summed E-state index contributed by atoms with van der Waals surface area (Å²) in [6, 6.07) is 4.74. The third kappa shape index (κ3) is 4.57. The van der Waals surface area contributed by atoms with E-state index in [-0.39, 0.29) is 10.8 Å². The molecule has 0 aliphatic rings. The molecular weight excluding hydrogens is 284 g/mol. The molecule has 21 heavy (non-hydrogen) atoms. The largest absolute Gasteiger partial charge is 0.508 e. The lowest BCUT2D eigenvalue weighted by Crippen LogP contribution is -2.41. The molecule has 0 amide bonds. The van der Waals surface area contributed by atoms with E-state index in [9.17, 15) is 9.90 Å². The van der Waals surface area contributed by atoms with Crippen LogP contribution in [0.1, 0.15) is 36.7 Å². The highest BCUT2D eigenvalue weighted by Gasteiger charge is 2.36. The predicted molar refractivity (Wildman–Crippen MR) is 86.3 cm³/mol. The summed E-state index contributed by atoms with van der Waals surface area (Å²) >= 11 is 0. The standard InChI is InChI=1S/C16H26O4Si/c1-16(2,3)21(5,6)20-10-9-12-11-13(15(18)19-4)7-8-14(12)17/h7-8,11,17H,9-10H2,1-6H3. The number of benzene rings is 1. The summed E-state index contributed by atoms with van der Waals surface area (Å²) in [5.41, 5.74) is 1.15. The molecular formula is C16H26O4Si. The highest BCUT2D eigenvalue weighted by Crippen LogP contribution is 2.36. The first-order valence-corrected chi connectivity index (χ1v) is 10.0. The van der Waals surface area contributed by atoms with Crippen molar-refractivity contribution in [2.75, 3.05) is 13.7 Å². The van der Waals surface area contributed by atoms with Gasteiger partial charge in [0.05, 0.1) is 12.7 Å². The van der Waals surface area contributed by atoms with Gasteiger partial charge in [-0.05, 0) is 48.3 Å². The van der Waals surface area contributed by atoms with Crippen LogP contribution in [0.15, 0.2) is 18.2 Å². The molecule has 118 valence electrons. The molecule has 0 atom stereocenters. The van der Waals surface area contributed by atoms with Crippen LogP contribution in [0.2, 0.25) is 18.1 Å². The summed E-state index contributed by atoms with van der Waals surface area (Å²) in [6.45, 7) is 11.5. The number of hydrogen-bond acceptors (Lipinski definition) is 4. The number of phenols is 1. The van der Waals surface area contributed by atoms with Gasteiger partial charge in [-0.1, -0.05) is 20.8 Å². The Hall–Kier alpha value is -1.33. The molecule has 1 aromatic rings. The Morgan fingerprint density at radius 3 is 2.43 bits per heavy atom. The van der Waals surface area contributed by atoms with Gasteiger partial charge in [0.25, 0.3) is 0 Å². The van der Waals surface area contributed by atoms with Gasteiger partial charge in [-0.15, -0.1) is 0 Å². The summed E-state index contributed by atoms with van der Waals surface area (Å²) in [5.74, 6) is -0.219. The number of phenolic OH excluding ortho intramolecular Hbond substituents is 1. The zero-order valence-electron chi connectivity index (χ0n) is 13.8. The first-order valence-electron chi connectivity index (χ1n) is 7.12. The van der Waals surface area contributed by atoms with Crippen LogP contribution < -0.4 is 0 Å². The molecule has 1 N–H and O–H groups in total. The average Bonchev–Trinajstić information content (AvgIpc) is 2.38. The van der Waals surface area contributed by atoms with E-state index < -0.39 is 14.3 Å². The molecule has 0 spiro atoms. The summed E-state index contributed by atoms with van der Waals surface area (Å²) < 4.78 is 10.8. The number of hydrogen-bond donors (Lipinski definition) is 1. The Morgan fingerprint density at radius 2 is 1.90 bits per heavy atom. The van der Waals surface area contributed by atoms with E-state index >= 15 is 0 Å².